The Morgan fingerprint density at radius 2 is 2.11 bits per heavy atom. The monoisotopic (exact) mass is 275 g/mol. The molecule has 0 aliphatic carbocycles. The van der Waals surface area contributed by atoms with E-state index >= 15 is 0 Å². The molecule has 0 atom stereocenters. The second kappa shape index (κ2) is 7.01. The maximum Gasteiger partial charge on any atom is 0.251 e. The van der Waals surface area contributed by atoms with Crippen molar-refractivity contribution in [2.45, 2.75) is 13.0 Å². The van der Waals surface area contributed by atoms with Crippen molar-refractivity contribution in [3.8, 4) is 0 Å². The van der Waals surface area contributed by atoms with Gasteiger partial charge in [0.15, 0.2) is 0 Å². The van der Waals surface area contributed by atoms with Gasteiger partial charge < -0.3 is 10.6 Å². The molecule has 2 aromatic rings. The Balaban J connectivity index is 1.75. The number of carbonyl (C=O) groups excluding carboxylic acids is 1. The Kier molecular flexibility index (Phi) is 5.06. The van der Waals surface area contributed by atoms with Crippen LogP contribution in [0.4, 0.5) is 0 Å². The summed E-state index contributed by atoms with van der Waals surface area (Å²) in [6.45, 7) is 1.71. The number of rotatable bonds is 6. The first-order valence-electron chi connectivity index (χ1n) is 6.18. The predicted molar refractivity (Wildman–Crippen MR) is 77.4 cm³/mol. The van der Waals surface area contributed by atoms with Crippen LogP contribution in [0.2, 0.25) is 0 Å². The summed E-state index contributed by atoms with van der Waals surface area (Å²) < 4.78 is 0. The van der Waals surface area contributed by atoms with Gasteiger partial charge in [0, 0.05) is 37.5 Å². The topological polar surface area (TPSA) is 54.0 Å². The van der Waals surface area contributed by atoms with Crippen LogP contribution in [0.25, 0.3) is 0 Å². The highest BCUT2D eigenvalue weighted by Gasteiger charge is 2.02. The molecule has 0 aliphatic heterocycles. The molecule has 0 bridgehead atoms. The van der Waals surface area contributed by atoms with Crippen LogP contribution in [0.15, 0.2) is 35.2 Å². The van der Waals surface area contributed by atoms with Gasteiger partial charge in [-0.05, 0) is 17.7 Å². The van der Waals surface area contributed by atoms with Crippen LogP contribution < -0.4 is 10.6 Å². The lowest BCUT2D eigenvalue weighted by Gasteiger charge is -2.05. The van der Waals surface area contributed by atoms with E-state index in [2.05, 4.69) is 21.0 Å². The minimum absolute atomic E-state index is 0.0527. The number of hydrogen-bond donors (Lipinski definition) is 2. The van der Waals surface area contributed by atoms with Crippen molar-refractivity contribution in [2.75, 3.05) is 13.6 Å². The van der Waals surface area contributed by atoms with E-state index in [0.29, 0.717) is 5.56 Å². The van der Waals surface area contributed by atoms with Crippen LogP contribution in [0, 0.1) is 0 Å². The SMILES string of the molecule is CNC(=O)c1ccc(CNCCc2cscn2)cc1. The highest BCUT2D eigenvalue weighted by Crippen LogP contribution is 2.05. The molecular weight excluding hydrogens is 258 g/mol. The molecule has 0 fully saturated rings. The van der Waals surface area contributed by atoms with E-state index in [1.807, 2.05) is 29.8 Å². The van der Waals surface area contributed by atoms with E-state index in [9.17, 15) is 4.79 Å². The number of amides is 1. The maximum absolute atomic E-state index is 11.4. The van der Waals surface area contributed by atoms with E-state index in [0.717, 1.165) is 25.2 Å². The standard InChI is InChI=1S/C14H17N3OS/c1-15-14(18)12-4-2-11(3-5-12)8-16-7-6-13-9-19-10-17-13/h2-5,9-10,16H,6-8H2,1H3,(H,15,18). The first-order valence-corrected chi connectivity index (χ1v) is 7.12. The molecule has 19 heavy (non-hydrogen) atoms. The van der Waals surface area contributed by atoms with Crippen LogP contribution in [-0.4, -0.2) is 24.5 Å². The summed E-state index contributed by atoms with van der Waals surface area (Å²) in [5, 5.41) is 8.04. The molecule has 2 rings (SSSR count). The predicted octanol–water partition coefficient (Wildman–Crippen LogP) is 1.83. The van der Waals surface area contributed by atoms with Crippen LogP contribution in [0.3, 0.4) is 0 Å². The van der Waals surface area contributed by atoms with Crippen molar-refractivity contribution in [3.63, 3.8) is 0 Å². The van der Waals surface area contributed by atoms with E-state index in [1.54, 1.807) is 18.4 Å². The lowest BCUT2D eigenvalue weighted by molar-refractivity contribution is 0.0963. The molecule has 1 heterocycles. The molecule has 1 aromatic carbocycles. The number of nitrogens with zero attached hydrogens (tertiary/aromatic N) is 1. The van der Waals surface area contributed by atoms with Crippen molar-refractivity contribution >= 4 is 17.2 Å². The second-order valence-corrected chi connectivity index (χ2v) is 4.90. The molecule has 0 aliphatic rings. The van der Waals surface area contributed by atoms with E-state index < -0.39 is 0 Å². The van der Waals surface area contributed by atoms with Crippen molar-refractivity contribution in [3.05, 3.63) is 52.0 Å². The second-order valence-electron chi connectivity index (χ2n) is 4.18. The van der Waals surface area contributed by atoms with E-state index in [-0.39, 0.29) is 5.91 Å². The molecule has 0 unspecified atom stereocenters. The highest BCUT2D eigenvalue weighted by atomic mass is 32.1. The third kappa shape index (κ3) is 4.15. The smallest absolute Gasteiger partial charge is 0.251 e. The van der Waals surface area contributed by atoms with Crippen LogP contribution >= 0.6 is 11.3 Å². The Hall–Kier alpha value is -1.72. The van der Waals surface area contributed by atoms with Crippen LogP contribution in [0.5, 0.6) is 0 Å². The Labute approximate surface area is 116 Å². The van der Waals surface area contributed by atoms with Crippen molar-refractivity contribution < 1.29 is 4.79 Å². The molecule has 2 N–H and O–H groups in total. The zero-order valence-electron chi connectivity index (χ0n) is 10.8. The third-order valence-corrected chi connectivity index (χ3v) is 3.45. The summed E-state index contributed by atoms with van der Waals surface area (Å²) in [7, 11) is 1.64. The number of thiazole rings is 1. The maximum atomic E-state index is 11.4. The number of carbonyl (C=O) groups is 1. The lowest BCUT2D eigenvalue weighted by Crippen LogP contribution is -2.18. The Morgan fingerprint density at radius 3 is 2.74 bits per heavy atom. The molecule has 0 saturated carbocycles. The van der Waals surface area contributed by atoms with Gasteiger partial charge in [-0.15, -0.1) is 11.3 Å². The summed E-state index contributed by atoms with van der Waals surface area (Å²) in [6, 6.07) is 7.63. The van der Waals surface area contributed by atoms with Gasteiger partial charge in [-0.3, -0.25) is 4.79 Å². The van der Waals surface area contributed by atoms with Gasteiger partial charge in [0.25, 0.3) is 5.91 Å². The number of aromatic nitrogens is 1. The molecule has 4 nitrogen and oxygen atoms in total. The molecule has 1 aromatic heterocycles. The fourth-order valence-corrected chi connectivity index (χ4v) is 2.32. The van der Waals surface area contributed by atoms with Crippen LogP contribution in [-0.2, 0) is 13.0 Å². The summed E-state index contributed by atoms with van der Waals surface area (Å²) in [5.74, 6) is -0.0527. The normalized spacial score (nSPS) is 10.4. The largest absolute Gasteiger partial charge is 0.355 e. The van der Waals surface area contributed by atoms with Crippen molar-refractivity contribution in [1.82, 2.24) is 15.6 Å². The van der Waals surface area contributed by atoms with E-state index in [4.69, 9.17) is 0 Å². The average molecular weight is 275 g/mol. The molecule has 100 valence electrons. The fourth-order valence-electron chi connectivity index (χ4n) is 1.73. The summed E-state index contributed by atoms with van der Waals surface area (Å²) in [6.07, 6.45) is 0.944. The molecule has 0 spiro atoms. The van der Waals surface area contributed by atoms with Gasteiger partial charge >= 0.3 is 0 Å². The first kappa shape index (κ1) is 13.7. The van der Waals surface area contributed by atoms with Gasteiger partial charge in [0.1, 0.15) is 0 Å². The zero-order chi connectivity index (χ0) is 13.5. The molecule has 0 saturated heterocycles. The van der Waals surface area contributed by atoms with Gasteiger partial charge in [0.2, 0.25) is 0 Å². The minimum Gasteiger partial charge on any atom is -0.355 e. The quantitative estimate of drug-likeness (QED) is 0.791. The molecular formula is C14H17N3OS. The van der Waals surface area contributed by atoms with Gasteiger partial charge in [0.05, 0.1) is 11.2 Å². The van der Waals surface area contributed by atoms with Crippen molar-refractivity contribution in [2.24, 2.45) is 0 Å². The van der Waals surface area contributed by atoms with Gasteiger partial charge in [-0.25, -0.2) is 4.98 Å². The fraction of sp³-hybridized carbons (Fsp3) is 0.286. The Morgan fingerprint density at radius 1 is 1.32 bits per heavy atom. The zero-order valence-corrected chi connectivity index (χ0v) is 11.7. The number of nitrogens with one attached hydrogen (secondary N) is 2. The van der Waals surface area contributed by atoms with E-state index in [1.165, 1.54) is 5.56 Å². The molecule has 1 amide bonds. The summed E-state index contributed by atoms with van der Waals surface area (Å²) >= 11 is 1.62. The third-order valence-electron chi connectivity index (χ3n) is 2.81. The molecule has 5 heteroatoms. The highest BCUT2D eigenvalue weighted by molar-refractivity contribution is 7.07. The lowest BCUT2D eigenvalue weighted by atomic mass is 10.1. The number of benzene rings is 1. The van der Waals surface area contributed by atoms with Crippen molar-refractivity contribution in [1.29, 1.82) is 0 Å². The minimum atomic E-state index is -0.0527. The van der Waals surface area contributed by atoms with Crippen LogP contribution in [0.1, 0.15) is 21.6 Å². The summed E-state index contributed by atoms with van der Waals surface area (Å²) in [5.41, 5.74) is 4.85. The average Bonchev–Trinajstić information content (AvgIpc) is 2.96. The Bertz CT molecular complexity index is 508. The molecule has 0 radical (unpaired) electrons. The first-order chi connectivity index (χ1) is 9.29. The van der Waals surface area contributed by atoms with Gasteiger partial charge in [-0.1, -0.05) is 12.1 Å². The summed E-state index contributed by atoms with van der Waals surface area (Å²) in [4.78, 5) is 15.6. The van der Waals surface area contributed by atoms with Gasteiger partial charge in [-0.2, -0.15) is 0 Å². The number of hydrogen-bond acceptors (Lipinski definition) is 4.